The van der Waals surface area contributed by atoms with Gasteiger partial charge in [0, 0.05) is 50.7 Å². The normalized spacial score (nSPS) is 14.3. The van der Waals surface area contributed by atoms with Crippen LogP contribution in [0.15, 0.2) is 42.7 Å². The number of aromatic nitrogens is 1. The number of aliphatic hydroxyl groups excluding tert-OH is 1. The van der Waals surface area contributed by atoms with E-state index < -0.39 is 28.8 Å². The van der Waals surface area contributed by atoms with E-state index in [2.05, 4.69) is 4.98 Å². The van der Waals surface area contributed by atoms with Gasteiger partial charge in [-0.3, -0.25) is 9.29 Å². The number of anilines is 1. The first kappa shape index (κ1) is 26.6. The Kier molecular flexibility index (Phi) is 10.4. The molecule has 0 saturated carbocycles. The van der Waals surface area contributed by atoms with Crippen LogP contribution >= 0.6 is 0 Å². The minimum Gasteiger partial charge on any atom is -0.506 e. The summed E-state index contributed by atoms with van der Waals surface area (Å²) in [4.78, 5) is 3.47. The van der Waals surface area contributed by atoms with Gasteiger partial charge in [0.25, 0.3) is 16.4 Å². The first-order valence-corrected chi connectivity index (χ1v) is 9.52. The summed E-state index contributed by atoms with van der Waals surface area (Å²) >= 11 is 0. The van der Waals surface area contributed by atoms with Crippen LogP contribution in [0.2, 0.25) is 0 Å². The van der Waals surface area contributed by atoms with Crippen molar-refractivity contribution in [3.8, 4) is 0 Å². The van der Waals surface area contributed by atoms with Crippen LogP contribution < -0.4 is 4.31 Å². The molecule has 0 saturated heterocycles. The molecule has 1 aliphatic rings. The quantitative estimate of drug-likeness (QED) is 0.641. The van der Waals surface area contributed by atoms with Gasteiger partial charge < -0.3 is 12.5 Å². The minimum absolute atomic E-state index is 0. The number of sulfonamides is 1. The molecule has 1 N–H and O–H groups in total. The van der Waals surface area contributed by atoms with E-state index in [4.69, 9.17) is 0 Å². The zero-order valence-corrected chi connectivity index (χ0v) is 19.9. The van der Waals surface area contributed by atoms with Gasteiger partial charge in [0.05, 0.1) is 17.8 Å². The molecular weight excluding hydrogens is 463 g/mol. The Labute approximate surface area is 190 Å². The molecule has 28 heavy (non-hydrogen) atoms. The van der Waals surface area contributed by atoms with Crippen molar-refractivity contribution in [1.29, 1.82) is 0 Å². The molecule has 0 aliphatic carbocycles. The average Bonchev–Trinajstić information content (AvgIpc) is 2.62. The summed E-state index contributed by atoms with van der Waals surface area (Å²) < 4.78 is 52.4. The van der Waals surface area contributed by atoms with E-state index in [0.29, 0.717) is 9.87 Å². The van der Waals surface area contributed by atoms with E-state index >= 15 is 0 Å². The van der Waals surface area contributed by atoms with Gasteiger partial charge in [-0.2, -0.15) is 0 Å². The van der Waals surface area contributed by atoms with E-state index in [-0.39, 0.29) is 61.9 Å². The molecule has 0 amide bonds. The molecule has 0 spiro atoms. The molecule has 151 valence electrons. The van der Waals surface area contributed by atoms with Gasteiger partial charge in [0.2, 0.25) is 0 Å². The number of halogens is 2. The number of alkyl halides is 2. The number of fused-ring (bicyclic) bond motifs is 1. The fraction of sp³-hybridized carbons (Fsp3) is 0.263. The molecule has 0 atom stereocenters. The van der Waals surface area contributed by atoms with E-state index in [1.54, 1.807) is 25.1 Å². The maximum Gasteiger partial charge on any atom is 0.268 e. The zero-order valence-electron chi connectivity index (χ0n) is 16.2. The molecule has 1 aromatic heterocycles. The minimum atomic E-state index is -4.34. The Hall–Kier alpha value is -1.38. The molecule has 0 unspecified atom stereocenters. The third-order valence-corrected chi connectivity index (χ3v) is 5.63. The first-order valence-electron chi connectivity index (χ1n) is 8.08. The molecule has 9 heteroatoms. The van der Waals surface area contributed by atoms with Crippen LogP contribution in [-0.4, -0.2) is 31.5 Å². The number of pyridine rings is 1. The van der Waals surface area contributed by atoms with Gasteiger partial charge >= 0.3 is 0 Å². The number of hydrogen-bond acceptors (Lipinski definition) is 4. The average molecular weight is 486 g/mol. The molecule has 1 radical (unpaired) electrons. The second kappa shape index (κ2) is 11.0. The van der Waals surface area contributed by atoms with E-state index in [1.165, 1.54) is 24.5 Å². The summed E-state index contributed by atoms with van der Waals surface area (Å²) in [5, 5.41) is 10.5. The summed E-state index contributed by atoms with van der Waals surface area (Å²) in [5.41, 5.74) is 0.960. The molecule has 1 aromatic carbocycles. The van der Waals surface area contributed by atoms with Crippen molar-refractivity contribution in [2.75, 3.05) is 10.8 Å². The molecule has 2 aromatic rings. The monoisotopic (exact) mass is 486 g/mol. The second-order valence-electron chi connectivity index (χ2n) is 5.31. The molecule has 0 bridgehead atoms. The molecule has 3 rings (SSSR count). The van der Waals surface area contributed by atoms with Gasteiger partial charge in [-0.1, -0.05) is 38.1 Å². The van der Waals surface area contributed by atoms with Crippen molar-refractivity contribution < 1.29 is 55.0 Å². The van der Waals surface area contributed by atoms with Gasteiger partial charge in [-0.25, -0.2) is 17.2 Å². The smallest absolute Gasteiger partial charge is 0.268 e. The second-order valence-corrected chi connectivity index (χ2v) is 7.11. The van der Waals surface area contributed by atoms with Crippen molar-refractivity contribution in [2.45, 2.75) is 27.2 Å². The van der Waals surface area contributed by atoms with Crippen LogP contribution in [0.4, 0.5) is 14.5 Å². The van der Waals surface area contributed by atoms with Crippen molar-refractivity contribution in [1.82, 2.24) is 4.98 Å². The number of benzene rings is 1. The summed E-state index contributed by atoms with van der Waals surface area (Å²) in [5.74, 6) is -0.488. The first-order chi connectivity index (χ1) is 12.3. The zero-order chi connectivity index (χ0) is 19.5. The Morgan fingerprint density at radius 1 is 1.14 bits per heavy atom. The topological polar surface area (TPSA) is 70.5 Å². The fourth-order valence-corrected chi connectivity index (χ4v) is 4.50. The Bertz CT molecular complexity index is 934. The van der Waals surface area contributed by atoms with Crippen molar-refractivity contribution in [3.63, 3.8) is 0 Å². The number of aryl methyl sites for hydroxylation is 1. The summed E-state index contributed by atoms with van der Waals surface area (Å²) in [7, 11) is -4.34. The largest absolute Gasteiger partial charge is 0.506 e. The number of nitrogens with zero attached hydrogens (tertiary/aromatic N) is 2. The maximum absolute atomic E-state index is 13.0. The van der Waals surface area contributed by atoms with Crippen LogP contribution in [0.5, 0.6) is 0 Å². The number of rotatable bonds is 3. The Morgan fingerprint density at radius 3 is 2.32 bits per heavy atom. The maximum atomic E-state index is 13.0. The standard InChI is InChI=1S/C16H14F2N2O3S.C2H6.CH3.Y/c1-10-4-2-3-5-11(10)16-15(21)12-8-19-7-6-13(12)20(9-14(17)18)24(16,22)23;1-2;;/h2-8,14,21H,9H2,1H3;1-2H3;1H3;/q;;-1;. The van der Waals surface area contributed by atoms with E-state index in [0.717, 1.165) is 0 Å². The predicted molar refractivity (Wildman–Crippen MR) is 105 cm³/mol. The van der Waals surface area contributed by atoms with Gasteiger partial charge in [-0.05, 0) is 18.6 Å². The van der Waals surface area contributed by atoms with Crippen LogP contribution in [-0.2, 0) is 42.7 Å². The summed E-state index contributed by atoms with van der Waals surface area (Å²) in [6.07, 6.45) is -0.311. The Balaban J connectivity index is 0.00000177. The van der Waals surface area contributed by atoms with Crippen molar-refractivity contribution >= 4 is 26.4 Å². The number of hydrogen-bond donors (Lipinski definition) is 1. The Morgan fingerprint density at radius 2 is 1.75 bits per heavy atom. The molecule has 1 aliphatic heterocycles. The van der Waals surface area contributed by atoms with Gasteiger partial charge in [-0.15, -0.1) is 0 Å². The van der Waals surface area contributed by atoms with Gasteiger partial charge in [0.15, 0.2) is 0 Å². The summed E-state index contributed by atoms with van der Waals surface area (Å²) in [6, 6.07) is 7.84. The molecule has 0 fully saturated rings. The van der Waals surface area contributed by atoms with Crippen LogP contribution in [0.1, 0.15) is 30.5 Å². The fourth-order valence-electron chi connectivity index (χ4n) is 2.69. The number of aliphatic hydroxyl groups is 1. The molecule has 5 nitrogen and oxygen atoms in total. The van der Waals surface area contributed by atoms with Gasteiger partial charge in [0.1, 0.15) is 10.7 Å². The SMILES string of the molecule is CC.Cc1ccccc1C1=C(O)c2cnccc2N(CC(F)F)S1(=O)=O.[CH3-].[Y]. The van der Waals surface area contributed by atoms with Crippen LogP contribution in [0, 0.1) is 14.4 Å². The van der Waals surface area contributed by atoms with Crippen molar-refractivity contribution in [3.05, 3.63) is 66.8 Å². The van der Waals surface area contributed by atoms with Crippen LogP contribution in [0.3, 0.4) is 0 Å². The summed E-state index contributed by atoms with van der Waals surface area (Å²) in [6.45, 7) is 4.68. The third kappa shape index (κ3) is 4.96. The molecule has 2 heterocycles. The van der Waals surface area contributed by atoms with Crippen LogP contribution in [0.25, 0.3) is 10.7 Å². The predicted octanol–water partition coefficient (Wildman–Crippen LogP) is 4.66. The molecular formula is C19H23F2N2O3SY-. The van der Waals surface area contributed by atoms with E-state index in [9.17, 15) is 22.3 Å². The van der Waals surface area contributed by atoms with E-state index in [1.807, 2.05) is 13.8 Å². The van der Waals surface area contributed by atoms with Crippen molar-refractivity contribution in [2.24, 2.45) is 0 Å². The third-order valence-electron chi connectivity index (χ3n) is 3.78.